The van der Waals surface area contributed by atoms with Crippen molar-refractivity contribution < 1.29 is 22.4 Å². The van der Waals surface area contributed by atoms with Crippen LogP contribution in [0.15, 0.2) is 52.4 Å². The highest BCUT2D eigenvalue weighted by Gasteiger charge is 2.35. The van der Waals surface area contributed by atoms with E-state index in [-0.39, 0.29) is 38.3 Å². The number of pyridine rings is 1. The number of amides is 2. The van der Waals surface area contributed by atoms with Crippen molar-refractivity contribution in [1.29, 1.82) is 0 Å². The van der Waals surface area contributed by atoms with Gasteiger partial charge in [-0.1, -0.05) is 43.6 Å². The fourth-order valence-electron chi connectivity index (χ4n) is 3.48. The number of nitrogens with two attached hydrogens (primary N) is 1. The Labute approximate surface area is 195 Å². The van der Waals surface area contributed by atoms with Crippen LogP contribution in [-0.4, -0.2) is 42.1 Å². The summed E-state index contributed by atoms with van der Waals surface area (Å²) < 4.78 is 41.0. The number of H-pyrrole nitrogens is 1. The first kappa shape index (κ1) is 24.4. The Kier molecular flexibility index (Phi) is 6.89. The third kappa shape index (κ3) is 4.76. The molecule has 33 heavy (non-hydrogen) atoms. The highest BCUT2D eigenvalue weighted by atomic mass is 35.5. The first-order valence-corrected chi connectivity index (χ1v) is 11.7. The molecule has 3 aromatic rings. The van der Waals surface area contributed by atoms with Crippen molar-refractivity contribution in [3.05, 3.63) is 76.1 Å². The number of primary amides is 1. The molecule has 2 amide bonds. The number of rotatable bonds is 7. The summed E-state index contributed by atoms with van der Waals surface area (Å²) >= 11 is 5.83. The molecule has 0 spiro atoms. The van der Waals surface area contributed by atoms with Crippen molar-refractivity contribution in [3.8, 4) is 0 Å². The second-order valence-electron chi connectivity index (χ2n) is 7.71. The molecule has 0 unspecified atom stereocenters. The molecular formula is C22H22ClFN4O4S. The molecule has 0 aliphatic heterocycles. The molecule has 11 heteroatoms. The van der Waals surface area contributed by atoms with E-state index in [9.17, 15) is 22.4 Å². The van der Waals surface area contributed by atoms with E-state index < -0.39 is 39.1 Å². The number of benzene rings is 1. The van der Waals surface area contributed by atoms with Gasteiger partial charge in [-0.05, 0) is 24.1 Å². The third-order valence-corrected chi connectivity index (χ3v) is 7.07. The Morgan fingerprint density at radius 2 is 1.85 bits per heavy atom. The molecule has 0 saturated carbocycles. The van der Waals surface area contributed by atoms with Gasteiger partial charge in [0.25, 0.3) is 11.8 Å². The summed E-state index contributed by atoms with van der Waals surface area (Å²) in [5, 5.41) is 0.0576. The van der Waals surface area contributed by atoms with Crippen LogP contribution in [0.25, 0.3) is 0 Å². The van der Waals surface area contributed by atoms with Crippen LogP contribution in [0.3, 0.4) is 0 Å². The lowest BCUT2D eigenvalue weighted by Crippen LogP contribution is -2.28. The molecule has 0 bridgehead atoms. The van der Waals surface area contributed by atoms with Gasteiger partial charge in [-0.15, -0.1) is 0 Å². The molecule has 0 aliphatic carbocycles. The summed E-state index contributed by atoms with van der Waals surface area (Å²) in [6.45, 7) is 3.21. The Bertz CT molecular complexity index is 1320. The molecule has 0 radical (unpaired) electrons. The van der Waals surface area contributed by atoms with E-state index in [0.29, 0.717) is 0 Å². The number of aromatic amines is 1. The van der Waals surface area contributed by atoms with Gasteiger partial charge in [0.05, 0.1) is 11.1 Å². The number of halogens is 2. The maximum absolute atomic E-state index is 14.1. The molecule has 8 nitrogen and oxygen atoms in total. The molecule has 0 saturated heterocycles. The molecule has 0 aliphatic rings. The number of carbonyl (C=O) groups excluding carboxylic acids is 2. The van der Waals surface area contributed by atoms with Gasteiger partial charge in [0.15, 0.2) is 0 Å². The zero-order valence-electron chi connectivity index (χ0n) is 18.1. The Hall–Kier alpha value is -3.24. The quantitative estimate of drug-likeness (QED) is 0.488. The topological polar surface area (TPSA) is 126 Å². The van der Waals surface area contributed by atoms with Crippen molar-refractivity contribution in [1.82, 2.24) is 14.9 Å². The van der Waals surface area contributed by atoms with Crippen molar-refractivity contribution in [2.24, 2.45) is 5.73 Å². The average molecular weight is 493 g/mol. The van der Waals surface area contributed by atoms with Crippen molar-refractivity contribution in [2.45, 2.75) is 36.1 Å². The van der Waals surface area contributed by atoms with Gasteiger partial charge in [-0.3, -0.25) is 9.59 Å². The first-order valence-electron chi connectivity index (χ1n) is 9.86. The summed E-state index contributed by atoms with van der Waals surface area (Å²) in [6.07, 6.45) is 0.944. The predicted molar refractivity (Wildman–Crippen MR) is 120 cm³/mol. The van der Waals surface area contributed by atoms with E-state index in [0.717, 1.165) is 6.20 Å². The van der Waals surface area contributed by atoms with Crippen LogP contribution in [0, 0.1) is 5.82 Å². The number of hydrogen-bond acceptors (Lipinski definition) is 5. The Morgan fingerprint density at radius 3 is 2.42 bits per heavy atom. The van der Waals surface area contributed by atoms with Gasteiger partial charge in [0.1, 0.15) is 27.3 Å². The minimum absolute atomic E-state index is 0.0470. The van der Waals surface area contributed by atoms with Crippen molar-refractivity contribution >= 4 is 33.3 Å². The van der Waals surface area contributed by atoms with Gasteiger partial charge in [0.2, 0.25) is 9.84 Å². The molecule has 2 aromatic heterocycles. The lowest BCUT2D eigenvalue weighted by atomic mass is 10.0. The highest BCUT2D eigenvalue weighted by Crippen LogP contribution is 2.35. The zero-order chi connectivity index (χ0) is 24.5. The molecule has 0 fully saturated rings. The Balaban J connectivity index is 2.15. The smallest absolute Gasteiger partial charge is 0.270 e. The molecule has 3 N–H and O–H groups in total. The van der Waals surface area contributed by atoms with E-state index in [4.69, 9.17) is 17.3 Å². The predicted octanol–water partition coefficient (Wildman–Crippen LogP) is 3.53. The van der Waals surface area contributed by atoms with Crippen LogP contribution in [0.4, 0.5) is 4.39 Å². The van der Waals surface area contributed by atoms with Crippen LogP contribution in [0.5, 0.6) is 0 Å². The number of nitrogens with one attached hydrogen (secondary N) is 1. The van der Waals surface area contributed by atoms with Gasteiger partial charge >= 0.3 is 0 Å². The summed E-state index contributed by atoms with van der Waals surface area (Å²) in [5.41, 5.74) is 5.22. The summed E-state index contributed by atoms with van der Waals surface area (Å²) in [5.74, 6) is -2.80. The molecule has 3 rings (SSSR count). The second-order valence-corrected chi connectivity index (χ2v) is 9.99. The summed E-state index contributed by atoms with van der Waals surface area (Å²) in [4.78, 5) is 32.5. The largest absolute Gasteiger partial charge is 0.364 e. The minimum Gasteiger partial charge on any atom is -0.364 e. The summed E-state index contributed by atoms with van der Waals surface area (Å²) in [7, 11) is -2.78. The fourth-order valence-corrected chi connectivity index (χ4v) is 5.46. The first-order chi connectivity index (χ1) is 15.4. The van der Waals surface area contributed by atoms with E-state index in [2.05, 4.69) is 9.97 Å². The van der Waals surface area contributed by atoms with E-state index >= 15 is 0 Å². The zero-order valence-corrected chi connectivity index (χ0v) is 19.7. The average Bonchev–Trinajstić information content (AvgIpc) is 3.18. The normalized spacial score (nSPS) is 11.6. The SMILES string of the molecule is CC(C)c1c(C(=O)N(C)Cc2cc(Cl)ncc2F)[nH]c(C(N)=O)c1S(=O)(=O)c1ccccc1. The van der Waals surface area contributed by atoms with Gasteiger partial charge in [-0.2, -0.15) is 0 Å². The van der Waals surface area contributed by atoms with Crippen molar-refractivity contribution in [3.63, 3.8) is 0 Å². The molecular weight excluding hydrogens is 471 g/mol. The van der Waals surface area contributed by atoms with Gasteiger partial charge in [0, 0.05) is 24.7 Å². The number of carbonyl (C=O) groups is 2. The second kappa shape index (κ2) is 9.32. The monoisotopic (exact) mass is 492 g/mol. The van der Waals surface area contributed by atoms with Crippen LogP contribution >= 0.6 is 11.6 Å². The standard InChI is InChI=1S/C22H22ClFN4O4S/c1-12(2)17-18(22(30)28(3)11-13-9-16(23)26-10-15(13)24)27-19(21(25)29)20(17)33(31,32)14-7-5-4-6-8-14/h4-10,12,27H,11H2,1-3H3,(H2,25,29). The van der Waals surface area contributed by atoms with Crippen LogP contribution < -0.4 is 5.73 Å². The van der Waals surface area contributed by atoms with Crippen molar-refractivity contribution in [2.75, 3.05) is 7.05 Å². The molecule has 174 valence electrons. The van der Waals surface area contributed by atoms with Crippen LogP contribution in [0.1, 0.15) is 51.9 Å². The number of sulfone groups is 1. The van der Waals surface area contributed by atoms with Crippen LogP contribution in [0.2, 0.25) is 5.15 Å². The lowest BCUT2D eigenvalue weighted by Gasteiger charge is -2.19. The van der Waals surface area contributed by atoms with Gasteiger partial charge in [-0.25, -0.2) is 17.8 Å². The van der Waals surface area contributed by atoms with Crippen LogP contribution in [-0.2, 0) is 16.4 Å². The van der Waals surface area contributed by atoms with E-state index in [1.165, 1.54) is 30.1 Å². The highest BCUT2D eigenvalue weighted by molar-refractivity contribution is 7.91. The number of nitrogens with zero attached hydrogens (tertiary/aromatic N) is 2. The fraction of sp³-hybridized carbons (Fsp3) is 0.227. The third-order valence-electron chi connectivity index (χ3n) is 5.01. The minimum atomic E-state index is -4.19. The molecule has 1 aromatic carbocycles. The molecule has 0 atom stereocenters. The number of aromatic nitrogens is 2. The lowest BCUT2D eigenvalue weighted by molar-refractivity contribution is 0.0777. The summed E-state index contributed by atoms with van der Waals surface area (Å²) in [6, 6.07) is 8.82. The molecule has 2 heterocycles. The Morgan fingerprint density at radius 1 is 1.21 bits per heavy atom. The van der Waals surface area contributed by atoms with E-state index in [1.807, 2.05) is 0 Å². The maximum atomic E-state index is 14.1. The maximum Gasteiger partial charge on any atom is 0.270 e. The van der Waals surface area contributed by atoms with Gasteiger partial charge < -0.3 is 15.6 Å². The van der Waals surface area contributed by atoms with E-state index in [1.54, 1.807) is 32.0 Å². The number of hydrogen-bond donors (Lipinski definition) is 2.